The average Bonchev–Trinajstić information content (AvgIpc) is 3.04. The molecule has 4 aromatic rings. The van der Waals surface area contributed by atoms with Crippen LogP contribution in [-0.4, -0.2) is 19.4 Å². The van der Waals surface area contributed by atoms with Crippen molar-refractivity contribution in [3.8, 4) is 17.3 Å². The van der Waals surface area contributed by atoms with Crippen molar-refractivity contribution in [3.05, 3.63) is 103 Å². The first-order valence-corrected chi connectivity index (χ1v) is 9.87. The first-order chi connectivity index (χ1) is 15.4. The number of nitrogens with zero attached hydrogens (tertiary/aromatic N) is 5. The lowest BCUT2D eigenvalue weighted by atomic mass is 10.3. The van der Waals surface area contributed by atoms with Gasteiger partial charge in [0.15, 0.2) is 0 Å². The monoisotopic (exact) mass is 469 g/mol. The van der Waals surface area contributed by atoms with Gasteiger partial charge in [-0.25, -0.2) is 9.36 Å². The number of rotatable bonds is 5. The SMILES string of the molecule is O=c1c(N=Nc2c(Cl)cc([N+](=O)[O-])cc2Cl)c(O)n(-c2ccccc2)n1-c1ccccc1. The lowest BCUT2D eigenvalue weighted by Gasteiger charge is -2.12. The first kappa shape index (κ1) is 21.3. The van der Waals surface area contributed by atoms with Gasteiger partial charge in [0.2, 0.25) is 11.6 Å². The third kappa shape index (κ3) is 3.86. The van der Waals surface area contributed by atoms with Crippen LogP contribution in [0, 0.1) is 10.1 Å². The number of aromatic hydroxyl groups is 1. The third-order valence-corrected chi connectivity index (χ3v) is 5.05. The van der Waals surface area contributed by atoms with Crippen LogP contribution in [0.3, 0.4) is 0 Å². The summed E-state index contributed by atoms with van der Waals surface area (Å²) < 4.78 is 2.54. The summed E-state index contributed by atoms with van der Waals surface area (Å²) in [5.41, 5.74) is -0.387. The molecule has 1 heterocycles. The second-order valence-corrected chi connectivity index (χ2v) is 7.30. The highest BCUT2D eigenvalue weighted by molar-refractivity contribution is 6.39. The van der Waals surface area contributed by atoms with Gasteiger partial charge >= 0.3 is 5.56 Å². The molecule has 0 aliphatic carbocycles. The second kappa shape index (κ2) is 8.66. The molecule has 32 heavy (non-hydrogen) atoms. The Morgan fingerprint density at radius 2 is 1.28 bits per heavy atom. The highest BCUT2D eigenvalue weighted by atomic mass is 35.5. The molecule has 11 heteroatoms. The molecule has 9 nitrogen and oxygen atoms in total. The van der Waals surface area contributed by atoms with E-state index in [0.29, 0.717) is 11.4 Å². The Hall–Kier alpha value is -3.95. The molecule has 0 aliphatic rings. The van der Waals surface area contributed by atoms with Crippen molar-refractivity contribution in [2.45, 2.75) is 0 Å². The van der Waals surface area contributed by atoms with Gasteiger partial charge in [-0.05, 0) is 24.3 Å². The lowest BCUT2D eigenvalue weighted by molar-refractivity contribution is -0.384. The Morgan fingerprint density at radius 1 is 0.812 bits per heavy atom. The largest absolute Gasteiger partial charge is 0.492 e. The van der Waals surface area contributed by atoms with Crippen LogP contribution in [0.5, 0.6) is 5.88 Å². The van der Waals surface area contributed by atoms with E-state index in [-0.39, 0.29) is 27.1 Å². The van der Waals surface area contributed by atoms with E-state index in [1.54, 1.807) is 60.7 Å². The van der Waals surface area contributed by atoms with Crippen LogP contribution in [0.1, 0.15) is 0 Å². The average molecular weight is 470 g/mol. The Labute approximate surface area is 190 Å². The van der Waals surface area contributed by atoms with Gasteiger partial charge in [-0.3, -0.25) is 14.9 Å². The van der Waals surface area contributed by atoms with Crippen LogP contribution >= 0.6 is 23.2 Å². The summed E-state index contributed by atoms with van der Waals surface area (Å²) in [7, 11) is 0. The van der Waals surface area contributed by atoms with E-state index in [0.717, 1.165) is 12.1 Å². The summed E-state index contributed by atoms with van der Waals surface area (Å²) >= 11 is 12.1. The summed E-state index contributed by atoms with van der Waals surface area (Å²) in [6, 6.07) is 19.6. The second-order valence-electron chi connectivity index (χ2n) is 6.49. The van der Waals surface area contributed by atoms with E-state index in [2.05, 4.69) is 10.2 Å². The van der Waals surface area contributed by atoms with Gasteiger partial charge in [0, 0.05) is 12.1 Å². The maximum atomic E-state index is 13.2. The quantitative estimate of drug-likeness (QED) is 0.220. The number of nitro benzene ring substituents is 1. The number of hydrogen-bond acceptors (Lipinski definition) is 6. The van der Waals surface area contributed by atoms with E-state index in [4.69, 9.17) is 23.2 Å². The maximum Gasteiger partial charge on any atom is 0.303 e. The number of hydrogen-bond donors (Lipinski definition) is 1. The highest BCUT2D eigenvalue weighted by Crippen LogP contribution is 2.38. The van der Waals surface area contributed by atoms with Crippen LogP contribution in [0.4, 0.5) is 17.1 Å². The molecule has 160 valence electrons. The number of non-ortho nitro benzene ring substituents is 1. The Bertz CT molecular complexity index is 1380. The molecule has 0 atom stereocenters. The molecule has 0 bridgehead atoms. The molecule has 0 spiro atoms. The summed E-state index contributed by atoms with van der Waals surface area (Å²) in [4.78, 5) is 23.5. The highest BCUT2D eigenvalue weighted by Gasteiger charge is 2.22. The summed E-state index contributed by atoms with van der Waals surface area (Å²) in [5, 5.41) is 29.3. The summed E-state index contributed by atoms with van der Waals surface area (Å²) in [6.07, 6.45) is 0. The molecule has 4 rings (SSSR count). The lowest BCUT2D eigenvalue weighted by Crippen LogP contribution is -2.20. The summed E-state index contributed by atoms with van der Waals surface area (Å²) in [5.74, 6) is -0.456. The molecule has 0 amide bonds. The van der Waals surface area contributed by atoms with E-state index in [1.165, 1.54) is 9.36 Å². The minimum Gasteiger partial charge on any atom is -0.492 e. The first-order valence-electron chi connectivity index (χ1n) is 9.11. The maximum absolute atomic E-state index is 13.2. The topological polar surface area (TPSA) is 115 Å². The van der Waals surface area contributed by atoms with Crippen molar-refractivity contribution >= 4 is 40.3 Å². The van der Waals surface area contributed by atoms with Crippen molar-refractivity contribution in [2.24, 2.45) is 10.2 Å². The van der Waals surface area contributed by atoms with E-state index >= 15 is 0 Å². The van der Waals surface area contributed by atoms with Gasteiger partial charge in [0.1, 0.15) is 5.69 Å². The minimum atomic E-state index is -0.650. The summed E-state index contributed by atoms with van der Waals surface area (Å²) in [6.45, 7) is 0. The van der Waals surface area contributed by atoms with E-state index < -0.39 is 16.4 Å². The molecular formula is C21H13Cl2N5O4. The molecule has 0 saturated heterocycles. The van der Waals surface area contributed by atoms with Crippen LogP contribution in [0.2, 0.25) is 10.0 Å². The number of para-hydroxylation sites is 2. The third-order valence-electron chi connectivity index (χ3n) is 4.47. The zero-order valence-electron chi connectivity index (χ0n) is 16.1. The standard InChI is InChI=1S/C21H13Cl2N5O4/c22-16-11-15(28(31)32)12-17(23)18(16)24-25-19-20(29)26(13-7-3-1-4-8-13)27(21(19)30)14-9-5-2-6-10-14/h1-12,29H. The van der Waals surface area contributed by atoms with Gasteiger partial charge in [-0.2, -0.15) is 0 Å². The Balaban J connectivity index is 1.89. The van der Waals surface area contributed by atoms with Crippen molar-refractivity contribution in [2.75, 3.05) is 0 Å². The van der Waals surface area contributed by atoms with Gasteiger partial charge in [-0.1, -0.05) is 59.6 Å². The molecule has 0 saturated carbocycles. The fraction of sp³-hybridized carbons (Fsp3) is 0. The predicted molar refractivity (Wildman–Crippen MR) is 120 cm³/mol. The van der Waals surface area contributed by atoms with Crippen molar-refractivity contribution in [3.63, 3.8) is 0 Å². The fourth-order valence-electron chi connectivity index (χ4n) is 3.03. The molecule has 1 aromatic heterocycles. The number of benzene rings is 3. The zero-order chi connectivity index (χ0) is 22.8. The van der Waals surface area contributed by atoms with Crippen molar-refractivity contribution < 1.29 is 10.0 Å². The molecule has 0 radical (unpaired) electrons. The minimum absolute atomic E-state index is 0.0727. The van der Waals surface area contributed by atoms with Gasteiger partial charge < -0.3 is 5.11 Å². The van der Waals surface area contributed by atoms with E-state index in [1.807, 2.05) is 0 Å². The Morgan fingerprint density at radius 3 is 1.78 bits per heavy atom. The smallest absolute Gasteiger partial charge is 0.303 e. The molecule has 0 aliphatic heterocycles. The fourth-order valence-corrected chi connectivity index (χ4v) is 3.58. The Kier molecular flexibility index (Phi) is 5.76. The molecular weight excluding hydrogens is 457 g/mol. The number of nitro groups is 1. The van der Waals surface area contributed by atoms with Crippen LogP contribution in [-0.2, 0) is 0 Å². The van der Waals surface area contributed by atoms with Crippen molar-refractivity contribution in [1.82, 2.24) is 9.36 Å². The normalized spacial score (nSPS) is 11.2. The van der Waals surface area contributed by atoms with Crippen LogP contribution in [0.15, 0.2) is 87.8 Å². The molecule has 0 fully saturated rings. The van der Waals surface area contributed by atoms with Crippen LogP contribution < -0.4 is 5.56 Å². The van der Waals surface area contributed by atoms with Crippen LogP contribution in [0.25, 0.3) is 11.4 Å². The number of azo groups is 1. The molecule has 1 N–H and O–H groups in total. The van der Waals surface area contributed by atoms with Gasteiger partial charge in [0.25, 0.3) is 5.69 Å². The van der Waals surface area contributed by atoms with E-state index in [9.17, 15) is 20.0 Å². The van der Waals surface area contributed by atoms with Gasteiger partial charge in [0.05, 0.1) is 26.3 Å². The molecule has 3 aromatic carbocycles. The molecule has 0 unspecified atom stereocenters. The zero-order valence-corrected chi connectivity index (χ0v) is 17.6. The van der Waals surface area contributed by atoms with Crippen molar-refractivity contribution in [1.29, 1.82) is 0 Å². The number of halogens is 2. The number of aromatic nitrogens is 2. The van der Waals surface area contributed by atoms with Gasteiger partial charge in [-0.15, -0.1) is 10.2 Å². The predicted octanol–water partition coefficient (Wildman–Crippen LogP) is 5.96.